The molecular weight excluding hydrogens is 210 g/mol. The lowest BCUT2D eigenvalue weighted by molar-refractivity contribution is 0.184. The molecule has 0 saturated heterocycles. The second kappa shape index (κ2) is 6.83. The maximum atomic E-state index is 5.90. The van der Waals surface area contributed by atoms with Gasteiger partial charge in [0.2, 0.25) is 0 Å². The van der Waals surface area contributed by atoms with Gasteiger partial charge in [-0.2, -0.15) is 0 Å². The van der Waals surface area contributed by atoms with Gasteiger partial charge in [-0.05, 0) is 31.0 Å². The average Bonchev–Trinajstić information content (AvgIpc) is 2.23. The van der Waals surface area contributed by atoms with Crippen molar-refractivity contribution in [1.29, 1.82) is 0 Å². The molecule has 3 heteroatoms. The monoisotopic (exact) mass is 227 g/mol. The Morgan fingerprint density at radius 1 is 1.47 bits per heavy atom. The Hall–Kier alpha value is -0.570. The van der Waals surface area contributed by atoms with Crippen LogP contribution in [-0.2, 0) is 11.3 Å². The molecule has 1 N–H and O–H groups in total. The van der Waals surface area contributed by atoms with Gasteiger partial charge in [-0.1, -0.05) is 23.7 Å². The lowest BCUT2D eigenvalue weighted by Crippen LogP contribution is -2.26. The van der Waals surface area contributed by atoms with E-state index in [1.54, 1.807) is 7.11 Å². The first-order valence-corrected chi connectivity index (χ1v) is 5.57. The van der Waals surface area contributed by atoms with Crippen LogP contribution in [0.25, 0.3) is 0 Å². The van der Waals surface area contributed by atoms with Gasteiger partial charge >= 0.3 is 0 Å². The Morgan fingerprint density at radius 3 is 2.93 bits per heavy atom. The van der Waals surface area contributed by atoms with Gasteiger partial charge in [0.25, 0.3) is 0 Å². The van der Waals surface area contributed by atoms with E-state index in [2.05, 4.69) is 18.3 Å². The highest BCUT2D eigenvalue weighted by Gasteiger charge is 2.01. The second-order valence-electron chi connectivity index (χ2n) is 3.69. The summed E-state index contributed by atoms with van der Waals surface area (Å²) in [5.74, 6) is 0. The molecule has 15 heavy (non-hydrogen) atoms. The van der Waals surface area contributed by atoms with E-state index in [0.717, 1.165) is 24.6 Å². The summed E-state index contributed by atoms with van der Waals surface area (Å²) in [6.07, 6.45) is 1.02. The number of rotatable bonds is 6. The molecule has 1 rings (SSSR count). The quantitative estimate of drug-likeness (QED) is 0.807. The molecule has 0 aliphatic carbocycles. The summed E-state index contributed by atoms with van der Waals surface area (Å²) in [7, 11) is 1.73. The minimum Gasteiger partial charge on any atom is -0.385 e. The Morgan fingerprint density at radius 2 is 2.27 bits per heavy atom. The fourth-order valence-electron chi connectivity index (χ4n) is 1.34. The topological polar surface area (TPSA) is 21.3 Å². The first kappa shape index (κ1) is 12.5. The van der Waals surface area contributed by atoms with E-state index in [-0.39, 0.29) is 0 Å². The van der Waals surface area contributed by atoms with E-state index in [1.165, 1.54) is 5.56 Å². The lowest BCUT2D eigenvalue weighted by Gasteiger charge is -2.13. The zero-order valence-electron chi connectivity index (χ0n) is 9.29. The molecule has 1 atom stereocenters. The number of hydrogen-bond acceptors (Lipinski definition) is 2. The fourth-order valence-corrected chi connectivity index (χ4v) is 1.55. The third kappa shape index (κ3) is 5.17. The van der Waals surface area contributed by atoms with Crippen molar-refractivity contribution in [3.8, 4) is 0 Å². The number of methoxy groups -OCH3 is 1. The molecule has 0 heterocycles. The third-order valence-electron chi connectivity index (χ3n) is 2.30. The van der Waals surface area contributed by atoms with Crippen LogP contribution in [0.2, 0.25) is 5.02 Å². The first-order valence-electron chi connectivity index (χ1n) is 5.19. The first-order chi connectivity index (χ1) is 7.22. The Bertz CT molecular complexity index is 291. The molecule has 0 aromatic heterocycles. The van der Waals surface area contributed by atoms with Crippen LogP contribution in [0.1, 0.15) is 18.9 Å². The van der Waals surface area contributed by atoms with Crippen LogP contribution >= 0.6 is 11.6 Å². The number of benzene rings is 1. The van der Waals surface area contributed by atoms with E-state index < -0.39 is 0 Å². The molecular formula is C12H18ClNO. The van der Waals surface area contributed by atoms with Crippen LogP contribution in [0.5, 0.6) is 0 Å². The van der Waals surface area contributed by atoms with Crippen molar-refractivity contribution in [2.24, 2.45) is 0 Å². The minimum absolute atomic E-state index is 0.462. The summed E-state index contributed by atoms with van der Waals surface area (Å²) < 4.78 is 5.02. The molecule has 84 valence electrons. The maximum Gasteiger partial charge on any atom is 0.0476 e. The van der Waals surface area contributed by atoms with Gasteiger partial charge < -0.3 is 10.1 Å². The van der Waals surface area contributed by atoms with Crippen molar-refractivity contribution in [2.75, 3.05) is 13.7 Å². The van der Waals surface area contributed by atoms with E-state index in [4.69, 9.17) is 16.3 Å². The summed E-state index contributed by atoms with van der Waals surface area (Å²) in [5.41, 5.74) is 1.21. The molecule has 0 aliphatic heterocycles. The summed E-state index contributed by atoms with van der Waals surface area (Å²) >= 11 is 5.90. The molecule has 0 aliphatic rings. The molecule has 0 bridgehead atoms. The smallest absolute Gasteiger partial charge is 0.0476 e. The predicted octanol–water partition coefficient (Wildman–Crippen LogP) is 2.85. The van der Waals surface area contributed by atoms with Crippen molar-refractivity contribution < 1.29 is 4.74 Å². The van der Waals surface area contributed by atoms with Gasteiger partial charge in [0.05, 0.1) is 0 Å². The van der Waals surface area contributed by atoms with Crippen LogP contribution in [0.15, 0.2) is 24.3 Å². The SMILES string of the molecule is COCCC(C)NCc1cccc(Cl)c1. The molecule has 2 nitrogen and oxygen atoms in total. The fraction of sp³-hybridized carbons (Fsp3) is 0.500. The number of nitrogens with one attached hydrogen (secondary N) is 1. The Labute approximate surface area is 96.6 Å². The van der Waals surface area contributed by atoms with E-state index >= 15 is 0 Å². The molecule has 0 spiro atoms. The van der Waals surface area contributed by atoms with Crippen molar-refractivity contribution in [3.63, 3.8) is 0 Å². The zero-order chi connectivity index (χ0) is 11.1. The van der Waals surface area contributed by atoms with Crippen LogP contribution in [-0.4, -0.2) is 19.8 Å². The van der Waals surface area contributed by atoms with Crippen LogP contribution < -0.4 is 5.32 Å². The molecule has 1 unspecified atom stereocenters. The number of hydrogen-bond donors (Lipinski definition) is 1. The van der Waals surface area contributed by atoms with Gasteiger partial charge in [0, 0.05) is 31.3 Å². The second-order valence-corrected chi connectivity index (χ2v) is 4.13. The van der Waals surface area contributed by atoms with Gasteiger partial charge in [0.15, 0.2) is 0 Å². The Balaban J connectivity index is 2.30. The summed E-state index contributed by atoms with van der Waals surface area (Å²) in [4.78, 5) is 0. The van der Waals surface area contributed by atoms with Crippen LogP contribution in [0, 0.1) is 0 Å². The van der Waals surface area contributed by atoms with E-state index in [0.29, 0.717) is 6.04 Å². The molecule has 0 radical (unpaired) electrons. The van der Waals surface area contributed by atoms with Crippen molar-refractivity contribution in [3.05, 3.63) is 34.9 Å². The Kier molecular flexibility index (Phi) is 5.69. The standard InChI is InChI=1S/C12H18ClNO/c1-10(6-7-15-2)14-9-11-4-3-5-12(13)8-11/h3-5,8,10,14H,6-7,9H2,1-2H3. The van der Waals surface area contributed by atoms with Gasteiger partial charge in [-0.15, -0.1) is 0 Å². The van der Waals surface area contributed by atoms with Crippen LogP contribution in [0.4, 0.5) is 0 Å². The molecule has 0 saturated carbocycles. The number of ether oxygens (including phenoxy) is 1. The van der Waals surface area contributed by atoms with Crippen LogP contribution in [0.3, 0.4) is 0 Å². The summed E-state index contributed by atoms with van der Waals surface area (Å²) in [5, 5.41) is 4.21. The van der Waals surface area contributed by atoms with Gasteiger partial charge in [0.1, 0.15) is 0 Å². The lowest BCUT2D eigenvalue weighted by atomic mass is 10.2. The summed E-state index contributed by atoms with van der Waals surface area (Å²) in [6, 6.07) is 8.38. The van der Waals surface area contributed by atoms with Gasteiger partial charge in [-0.25, -0.2) is 0 Å². The van der Waals surface area contributed by atoms with Gasteiger partial charge in [-0.3, -0.25) is 0 Å². The van der Waals surface area contributed by atoms with Crippen molar-refractivity contribution in [1.82, 2.24) is 5.32 Å². The third-order valence-corrected chi connectivity index (χ3v) is 2.53. The maximum absolute atomic E-state index is 5.90. The zero-order valence-corrected chi connectivity index (χ0v) is 10.1. The highest BCUT2D eigenvalue weighted by atomic mass is 35.5. The predicted molar refractivity (Wildman–Crippen MR) is 64.2 cm³/mol. The van der Waals surface area contributed by atoms with Crippen molar-refractivity contribution >= 4 is 11.6 Å². The van der Waals surface area contributed by atoms with Crippen molar-refractivity contribution in [2.45, 2.75) is 25.9 Å². The minimum atomic E-state index is 0.462. The molecule has 0 fully saturated rings. The number of halogens is 1. The largest absolute Gasteiger partial charge is 0.385 e. The van der Waals surface area contributed by atoms with E-state index in [9.17, 15) is 0 Å². The highest BCUT2D eigenvalue weighted by Crippen LogP contribution is 2.10. The highest BCUT2D eigenvalue weighted by molar-refractivity contribution is 6.30. The molecule has 0 amide bonds. The average molecular weight is 228 g/mol. The molecule has 1 aromatic carbocycles. The van der Waals surface area contributed by atoms with E-state index in [1.807, 2.05) is 18.2 Å². The summed E-state index contributed by atoms with van der Waals surface area (Å²) in [6.45, 7) is 3.80. The normalized spacial score (nSPS) is 12.7. The molecule has 1 aromatic rings.